The van der Waals surface area contributed by atoms with Crippen LogP contribution in [0.5, 0.6) is 5.75 Å². The number of ether oxygens (including phenoxy) is 1. The van der Waals surface area contributed by atoms with Crippen LogP contribution in [0.3, 0.4) is 0 Å². The average molecular weight is 361 g/mol. The molecule has 0 bridgehead atoms. The fraction of sp³-hybridized carbons (Fsp3) is 0.0833. The van der Waals surface area contributed by atoms with Gasteiger partial charge in [0.15, 0.2) is 0 Å². The minimum absolute atomic E-state index is 0.0760. The van der Waals surface area contributed by atoms with E-state index in [4.69, 9.17) is 9.84 Å². The van der Waals surface area contributed by atoms with Crippen LogP contribution in [0.2, 0.25) is 0 Å². The lowest BCUT2D eigenvalue weighted by atomic mass is 10.2. The van der Waals surface area contributed by atoms with Gasteiger partial charge in [0.1, 0.15) is 17.3 Å². The molecule has 6 heteroatoms. The van der Waals surface area contributed by atoms with Crippen LogP contribution < -0.4 is 4.74 Å². The fourth-order valence-electron chi connectivity index (χ4n) is 1.61. The molecule has 1 N–H and O–H groups in total. The number of aromatic nitrogens is 1. The summed E-state index contributed by atoms with van der Waals surface area (Å²) in [4.78, 5) is 11.1. The van der Waals surface area contributed by atoms with E-state index in [9.17, 15) is 9.18 Å². The van der Waals surface area contributed by atoms with E-state index in [1.54, 1.807) is 12.3 Å². The Kier molecular flexibility index (Phi) is 3.55. The van der Waals surface area contributed by atoms with Gasteiger partial charge in [0.2, 0.25) is 0 Å². The van der Waals surface area contributed by atoms with Gasteiger partial charge in [-0.05, 0) is 34.7 Å². The molecular formula is C12H9FINO3. The highest BCUT2D eigenvalue weighted by molar-refractivity contribution is 14.1. The number of hydrogen-bond donors (Lipinski definition) is 1. The van der Waals surface area contributed by atoms with Crippen LogP contribution in [0.25, 0.3) is 5.69 Å². The summed E-state index contributed by atoms with van der Waals surface area (Å²) < 4.78 is 20.5. The number of benzene rings is 1. The van der Waals surface area contributed by atoms with Crippen molar-refractivity contribution in [3.05, 3.63) is 45.5 Å². The number of carboxylic acid groups (broad SMARTS) is 1. The van der Waals surface area contributed by atoms with Crippen LogP contribution in [0.15, 0.2) is 30.5 Å². The molecule has 0 radical (unpaired) electrons. The van der Waals surface area contributed by atoms with E-state index in [0.717, 1.165) is 3.57 Å². The Hall–Kier alpha value is -1.57. The molecule has 1 aromatic carbocycles. The molecule has 0 aliphatic rings. The van der Waals surface area contributed by atoms with Crippen molar-refractivity contribution in [3.63, 3.8) is 0 Å². The van der Waals surface area contributed by atoms with Gasteiger partial charge in [0.25, 0.3) is 0 Å². The molecule has 2 aromatic rings. The van der Waals surface area contributed by atoms with E-state index >= 15 is 0 Å². The smallest absolute Gasteiger partial charge is 0.352 e. The molecule has 1 heterocycles. The summed E-state index contributed by atoms with van der Waals surface area (Å²) >= 11 is 2.00. The molecular weight excluding hydrogens is 352 g/mol. The fourth-order valence-corrected chi connectivity index (χ4v) is 2.19. The zero-order chi connectivity index (χ0) is 13.3. The summed E-state index contributed by atoms with van der Waals surface area (Å²) in [6.45, 7) is 0. The lowest BCUT2D eigenvalue weighted by Gasteiger charge is -2.08. The van der Waals surface area contributed by atoms with Crippen molar-refractivity contribution in [1.82, 2.24) is 4.57 Å². The topological polar surface area (TPSA) is 51.5 Å². The van der Waals surface area contributed by atoms with Crippen LogP contribution in [0.4, 0.5) is 4.39 Å². The molecule has 1 aromatic heterocycles. The Morgan fingerprint density at radius 2 is 2.11 bits per heavy atom. The number of rotatable bonds is 3. The average Bonchev–Trinajstić information content (AvgIpc) is 2.70. The number of aromatic carboxylic acids is 1. The number of carbonyl (C=O) groups is 1. The maximum atomic E-state index is 13.4. The lowest BCUT2D eigenvalue weighted by Crippen LogP contribution is -2.06. The maximum Gasteiger partial charge on any atom is 0.352 e. The first-order valence-electron chi connectivity index (χ1n) is 4.97. The molecule has 0 unspecified atom stereocenters. The van der Waals surface area contributed by atoms with Gasteiger partial charge >= 0.3 is 5.97 Å². The SMILES string of the molecule is COc1cc(F)cc(-n2cc(I)cc2C(=O)O)c1. The summed E-state index contributed by atoms with van der Waals surface area (Å²) in [5.74, 6) is -1.21. The molecule has 0 aliphatic heterocycles. The van der Waals surface area contributed by atoms with E-state index in [0.29, 0.717) is 11.4 Å². The van der Waals surface area contributed by atoms with E-state index in [1.165, 1.54) is 29.9 Å². The molecule has 94 valence electrons. The molecule has 4 nitrogen and oxygen atoms in total. The molecule has 0 spiro atoms. The normalized spacial score (nSPS) is 10.4. The van der Waals surface area contributed by atoms with Crippen LogP contribution in [0, 0.1) is 9.39 Å². The van der Waals surface area contributed by atoms with Gasteiger partial charge in [0, 0.05) is 21.9 Å². The second kappa shape index (κ2) is 4.97. The van der Waals surface area contributed by atoms with Crippen molar-refractivity contribution in [3.8, 4) is 11.4 Å². The van der Waals surface area contributed by atoms with Crippen LogP contribution in [-0.4, -0.2) is 22.8 Å². The first-order chi connectivity index (χ1) is 8.51. The lowest BCUT2D eigenvalue weighted by molar-refractivity contribution is 0.0688. The van der Waals surface area contributed by atoms with E-state index in [1.807, 2.05) is 22.6 Å². The quantitative estimate of drug-likeness (QED) is 0.856. The van der Waals surface area contributed by atoms with Crippen LogP contribution >= 0.6 is 22.6 Å². The largest absolute Gasteiger partial charge is 0.497 e. The zero-order valence-corrected chi connectivity index (χ0v) is 11.5. The summed E-state index contributed by atoms with van der Waals surface area (Å²) in [5, 5.41) is 9.09. The highest BCUT2D eigenvalue weighted by Gasteiger charge is 2.14. The van der Waals surface area contributed by atoms with E-state index in [-0.39, 0.29) is 5.69 Å². The van der Waals surface area contributed by atoms with Crippen molar-refractivity contribution >= 4 is 28.6 Å². The third-order valence-corrected chi connectivity index (χ3v) is 2.97. The second-order valence-corrected chi connectivity index (χ2v) is 4.81. The highest BCUT2D eigenvalue weighted by Crippen LogP contribution is 2.23. The number of hydrogen-bond acceptors (Lipinski definition) is 2. The Morgan fingerprint density at radius 1 is 1.39 bits per heavy atom. The second-order valence-electron chi connectivity index (χ2n) is 3.57. The highest BCUT2D eigenvalue weighted by atomic mass is 127. The number of halogens is 2. The summed E-state index contributed by atoms with van der Waals surface area (Å²) in [7, 11) is 1.43. The summed E-state index contributed by atoms with van der Waals surface area (Å²) in [5.41, 5.74) is 0.485. The Bertz CT molecular complexity index is 609. The molecule has 18 heavy (non-hydrogen) atoms. The standard InChI is InChI=1S/C12H9FINO3/c1-18-10-3-7(13)2-9(5-10)15-6-8(14)4-11(15)12(16)17/h2-6H,1H3,(H,16,17). The Labute approximate surface area is 116 Å². The van der Waals surface area contributed by atoms with Crippen molar-refractivity contribution in [2.75, 3.05) is 7.11 Å². The van der Waals surface area contributed by atoms with Crippen molar-refractivity contribution < 1.29 is 19.0 Å². The molecule has 0 aliphatic carbocycles. The molecule has 0 saturated heterocycles. The maximum absolute atomic E-state index is 13.4. The minimum Gasteiger partial charge on any atom is -0.497 e. The molecule has 0 saturated carbocycles. The van der Waals surface area contributed by atoms with E-state index < -0.39 is 11.8 Å². The molecule has 0 amide bonds. The predicted octanol–water partition coefficient (Wildman–Crippen LogP) is 2.93. The van der Waals surface area contributed by atoms with Gasteiger partial charge in [-0.15, -0.1) is 0 Å². The van der Waals surface area contributed by atoms with Crippen molar-refractivity contribution in [1.29, 1.82) is 0 Å². The minimum atomic E-state index is -1.07. The summed E-state index contributed by atoms with van der Waals surface area (Å²) in [6, 6.07) is 5.58. The van der Waals surface area contributed by atoms with Crippen LogP contribution in [0.1, 0.15) is 10.5 Å². The monoisotopic (exact) mass is 361 g/mol. The van der Waals surface area contributed by atoms with Crippen molar-refractivity contribution in [2.24, 2.45) is 0 Å². The third-order valence-electron chi connectivity index (χ3n) is 2.38. The first-order valence-corrected chi connectivity index (χ1v) is 6.05. The van der Waals surface area contributed by atoms with Gasteiger partial charge in [-0.1, -0.05) is 0 Å². The zero-order valence-electron chi connectivity index (χ0n) is 9.35. The number of nitrogens with zero attached hydrogens (tertiary/aromatic N) is 1. The molecule has 0 atom stereocenters. The molecule has 2 rings (SSSR count). The number of methoxy groups -OCH3 is 1. The number of carboxylic acids is 1. The Morgan fingerprint density at radius 3 is 2.72 bits per heavy atom. The van der Waals surface area contributed by atoms with Gasteiger partial charge in [-0.25, -0.2) is 9.18 Å². The van der Waals surface area contributed by atoms with Gasteiger partial charge < -0.3 is 14.4 Å². The van der Waals surface area contributed by atoms with Crippen LogP contribution in [-0.2, 0) is 0 Å². The van der Waals surface area contributed by atoms with Gasteiger partial charge in [-0.2, -0.15) is 0 Å². The first kappa shape index (κ1) is 12.9. The predicted molar refractivity (Wildman–Crippen MR) is 72.0 cm³/mol. The van der Waals surface area contributed by atoms with Gasteiger partial charge in [0.05, 0.1) is 12.8 Å². The van der Waals surface area contributed by atoms with E-state index in [2.05, 4.69) is 0 Å². The molecule has 0 fully saturated rings. The summed E-state index contributed by atoms with van der Waals surface area (Å²) in [6.07, 6.45) is 1.62. The van der Waals surface area contributed by atoms with Gasteiger partial charge in [-0.3, -0.25) is 0 Å². The Balaban J connectivity index is 2.61. The third kappa shape index (κ3) is 2.47. The van der Waals surface area contributed by atoms with Crippen molar-refractivity contribution in [2.45, 2.75) is 0 Å².